The number of nitrogens with two attached hydrogens (primary N) is 1. The summed E-state index contributed by atoms with van der Waals surface area (Å²) in [5.41, 5.74) is 6.72. The van der Waals surface area contributed by atoms with Crippen molar-refractivity contribution in [3.63, 3.8) is 0 Å². The van der Waals surface area contributed by atoms with Crippen LogP contribution in [0.3, 0.4) is 0 Å². The molecule has 0 saturated heterocycles. The molecule has 2 rings (SSSR count). The number of oxime groups is 1. The molecule has 6 nitrogen and oxygen atoms in total. The van der Waals surface area contributed by atoms with Gasteiger partial charge in [-0.3, -0.25) is 0 Å². The molecule has 3 N–H and O–H groups in total. The van der Waals surface area contributed by atoms with Crippen molar-refractivity contribution in [2.45, 2.75) is 16.8 Å². The van der Waals surface area contributed by atoms with Gasteiger partial charge in [0.05, 0.1) is 0 Å². The highest BCUT2D eigenvalue weighted by molar-refractivity contribution is 7.99. The fourth-order valence-electron chi connectivity index (χ4n) is 1.63. The molecule has 0 radical (unpaired) electrons. The molecular weight excluding hydrogens is 262 g/mol. The van der Waals surface area contributed by atoms with Crippen molar-refractivity contribution < 1.29 is 5.21 Å². The van der Waals surface area contributed by atoms with E-state index < -0.39 is 0 Å². The van der Waals surface area contributed by atoms with Crippen LogP contribution < -0.4 is 5.73 Å². The Hall–Kier alpha value is -2.02. The summed E-state index contributed by atoms with van der Waals surface area (Å²) in [6, 6.07) is 9.91. The van der Waals surface area contributed by atoms with Gasteiger partial charge in [-0.05, 0) is 5.56 Å². The molecule has 2 aromatic rings. The van der Waals surface area contributed by atoms with E-state index in [0.29, 0.717) is 6.42 Å². The first-order chi connectivity index (χ1) is 9.20. The van der Waals surface area contributed by atoms with Crippen LogP contribution in [0.25, 0.3) is 0 Å². The molecule has 0 aliphatic heterocycles. The second-order valence-electron chi connectivity index (χ2n) is 4.04. The summed E-state index contributed by atoms with van der Waals surface area (Å²) in [4.78, 5) is 0. The van der Waals surface area contributed by atoms with Gasteiger partial charge in [0, 0.05) is 18.7 Å². The van der Waals surface area contributed by atoms with E-state index in [4.69, 9.17) is 10.9 Å². The maximum atomic E-state index is 8.73. The summed E-state index contributed by atoms with van der Waals surface area (Å²) >= 11 is 1.54. The van der Waals surface area contributed by atoms with Gasteiger partial charge in [-0.2, -0.15) is 0 Å². The van der Waals surface area contributed by atoms with E-state index in [0.717, 1.165) is 10.7 Å². The Morgan fingerprint density at radius 1 is 1.47 bits per heavy atom. The van der Waals surface area contributed by atoms with Gasteiger partial charge in [0.2, 0.25) is 0 Å². The van der Waals surface area contributed by atoms with Gasteiger partial charge in [-0.25, -0.2) is 0 Å². The van der Waals surface area contributed by atoms with Gasteiger partial charge in [0.15, 0.2) is 5.16 Å². The van der Waals surface area contributed by atoms with Crippen molar-refractivity contribution >= 4 is 17.6 Å². The minimum Gasteiger partial charge on any atom is -0.409 e. The molecule has 1 heterocycles. The van der Waals surface area contributed by atoms with Gasteiger partial charge in [0.25, 0.3) is 0 Å². The number of rotatable bonds is 5. The van der Waals surface area contributed by atoms with Crippen LogP contribution in [0.4, 0.5) is 0 Å². The van der Waals surface area contributed by atoms with Gasteiger partial charge in [-0.15, -0.1) is 10.2 Å². The summed E-state index contributed by atoms with van der Waals surface area (Å²) in [6.45, 7) is 0. The molecule has 0 bridgehead atoms. The van der Waals surface area contributed by atoms with Crippen LogP contribution in [0, 0.1) is 0 Å². The van der Waals surface area contributed by atoms with Crippen molar-refractivity contribution in [1.82, 2.24) is 14.8 Å². The predicted molar refractivity (Wildman–Crippen MR) is 74.1 cm³/mol. The molecule has 1 atom stereocenters. The predicted octanol–water partition coefficient (Wildman–Crippen LogP) is 1.79. The summed E-state index contributed by atoms with van der Waals surface area (Å²) < 4.78 is 1.84. The molecule has 0 aliphatic carbocycles. The van der Waals surface area contributed by atoms with Crippen molar-refractivity contribution in [2.24, 2.45) is 17.9 Å². The highest BCUT2D eigenvalue weighted by Gasteiger charge is 2.17. The van der Waals surface area contributed by atoms with Crippen LogP contribution in [0.15, 0.2) is 47.0 Å². The van der Waals surface area contributed by atoms with Crippen LogP contribution in [0.1, 0.15) is 17.2 Å². The Morgan fingerprint density at radius 2 is 2.21 bits per heavy atom. The number of hydrogen-bond donors (Lipinski definition) is 2. The monoisotopic (exact) mass is 277 g/mol. The number of thioether (sulfide) groups is 1. The largest absolute Gasteiger partial charge is 0.409 e. The molecule has 0 aliphatic rings. The molecule has 100 valence electrons. The first-order valence-corrected chi connectivity index (χ1v) is 6.60. The van der Waals surface area contributed by atoms with Crippen LogP contribution in [0.5, 0.6) is 0 Å². The van der Waals surface area contributed by atoms with Crippen LogP contribution in [-0.2, 0) is 7.05 Å². The Kier molecular flexibility index (Phi) is 4.40. The molecule has 1 aromatic heterocycles. The van der Waals surface area contributed by atoms with E-state index in [1.165, 1.54) is 11.8 Å². The Balaban J connectivity index is 2.22. The quantitative estimate of drug-likeness (QED) is 0.286. The van der Waals surface area contributed by atoms with E-state index >= 15 is 0 Å². The Morgan fingerprint density at radius 3 is 2.79 bits per heavy atom. The van der Waals surface area contributed by atoms with Crippen LogP contribution >= 0.6 is 11.8 Å². The highest BCUT2D eigenvalue weighted by atomic mass is 32.2. The van der Waals surface area contributed by atoms with Gasteiger partial charge in [0.1, 0.15) is 12.2 Å². The third kappa shape index (κ3) is 3.47. The van der Waals surface area contributed by atoms with Crippen molar-refractivity contribution in [2.75, 3.05) is 0 Å². The lowest BCUT2D eigenvalue weighted by Gasteiger charge is -2.15. The number of aryl methyl sites for hydroxylation is 1. The second kappa shape index (κ2) is 6.24. The minimum absolute atomic E-state index is 0.0278. The zero-order valence-corrected chi connectivity index (χ0v) is 11.3. The van der Waals surface area contributed by atoms with Crippen molar-refractivity contribution in [1.29, 1.82) is 0 Å². The topological polar surface area (TPSA) is 89.3 Å². The third-order valence-electron chi connectivity index (χ3n) is 2.61. The van der Waals surface area contributed by atoms with Crippen LogP contribution in [0.2, 0.25) is 0 Å². The average Bonchev–Trinajstić information content (AvgIpc) is 2.84. The van der Waals surface area contributed by atoms with E-state index in [-0.39, 0.29) is 11.1 Å². The number of hydrogen-bond acceptors (Lipinski definition) is 5. The van der Waals surface area contributed by atoms with Gasteiger partial charge >= 0.3 is 0 Å². The molecular formula is C12H15N5OS. The molecule has 1 unspecified atom stereocenters. The molecule has 0 saturated carbocycles. The SMILES string of the molecule is Cn1cnnc1SC(CC(N)=NO)c1ccccc1. The van der Waals surface area contributed by atoms with E-state index in [9.17, 15) is 0 Å². The fraction of sp³-hybridized carbons (Fsp3) is 0.250. The molecule has 0 spiro atoms. The lowest BCUT2D eigenvalue weighted by molar-refractivity contribution is 0.317. The first-order valence-electron chi connectivity index (χ1n) is 5.72. The maximum absolute atomic E-state index is 8.73. The summed E-state index contributed by atoms with van der Waals surface area (Å²) in [5, 5.41) is 20.5. The van der Waals surface area contributed by atoms with Crippen molar-refractivity contribution in [3.8, 4) is 0 Å². The third-order valence-corrected chi connectivity index (χ3v) is 3.92. The smallest absolute Gasteiger partial charge is 0.191 e. The normalized spacial score (nSPS) is 13.4. The van der Waals surface area contributed by atoms with E-state index in [1.54, 1.807) is 6.33 Å². The zero-order chi connectivity index (χ0) is 13.7. The second-order valence-corrected chi connectivity index (χ2v) is 5.21. The lowest BCUT2D eigenvalue weighted by Crippen LogP contribution is -2.15. The highest BCUT2D eigenvalue weighted by Crippen LogP contribution is 2.36. The van der Waals surface area contributed by atoms with E-state index in [2.05, 4.69) is 15.4 Å². The standard InChI is InChI=1S/C12H15N5OS/c1-17-8-14-15-12(17)19-10(7-11(13)16-18)9-5-3-2-4-6-9/h2-6,8,10,18H,7H2,1H3,(H2,13,16). The molecule has 0 fully saturated rings. The summed E-state index contributed by atoms with van der Waals surface area (Å²) in [5.74, 6) is 0.198. The zero-order valence-electron chi connectivity index (χ0n) is 10.5. The Labute approximate surface area is 115 Å². The molecule has 19 heavy (non-hydrogen) atoms. The summed E-state index contributed by atoms with van der Waals surface area (Å²) in [6.07, 6.45) is 2.09. The molecule has 0 amide bonds. The summed E-state index contributed by atoms with van der Waals surface area (Å²) in [7, 11) is 1.88. The minimum atomic E-state index is 0.0278. The average molecular weight is 277 g/mol. The lowest BCUT2D eigenvalue weighted by atomic mass is 10.1. The first kappa shape index (κ1) is 13.4. The van der Waals surface area contributed by atoms with E-state index in [1.807, 2.05) is 41.9 Å². The van der Waals surface area contributed by atoms with Gasteiger partial charge in [-0.1, -0.05) is 47.2 Å². The number of amidine groups is 1. The maximum Gasteiger partial charge on any atom is 0.191 e. The number of aromatic nitrogens is 3. The Bertz CT molecular complexity index is 554. The van der Waals surface area contributed by atoms with Gasteiger partial charge < -0.3 is 15.5 Å². The fourth-order valence-corrected chi connectivity index (χ4v) is 2.74. The molecule has 7 heteroatoms. The number of benzene rings is 1. The number of nitrogens with zero attached hydrogens (tertiary/aromatic N) is 4. The van der Waals surface area contributed by atoms with Crippen LogP contribution in [-0.4, -0.2) is 25.8 Å². The van der Waals surface area contributed by atoms with Crippen molar-refractivity contribution in [3.05, 3.63) is 42.2 Å². The molecule has 1 aromatic carbocycles.